The van der Waals surface area contributed by atoms with Gasteiger partial charge < -0.3 is 5.32 Å². The number of carbonyl (C=O) groups excluding carboxylic acids is 1. The SMILES string of the molecule is CCCC[C@@H](CC)CNC(=O)c1ccccc1C. The minimum atomic E-state index is 0.0584. The van der Waals surface area contributed by atoms with E-state index in [4.69, 9.17) is 0 Å². The monoisotopic (exact) mass is 247 g/mol. The molecular weight excluding hydrogens is 222 g/mol. The van der Waals surface area contributed by atoms with E-state index >= 15 is 0 Å². The van der Waals surface area contributed by atoms with Gasteiger partial charge in [-0.25, -0.2) is 0 Å². The lowest BCUT2D eigenvalue weighted by atomic mass is 9.99. The minimum absolute atomic E-state index is 0.0584. The van der Waals surface area contributed by atoms with Crippen LogP contribution in [-0.2, 0) is 0 Å². The van der Waals surface area contributed by atoms with Gasteiger partial charge in [-0.15, -0.1) is 0 Å². The fourth-order valence-electron chi connectivity index (χ4n) is 2.10. The van der Waals surface area contributed by atoms with Gasteiger partial charge in [0.2, 0.25) is 0 Å². The molecule has 0 unspecified atom stereocenters. The van der Waals surface area contributed by atoms with Crippen LogP contribution < -0.4 is 5.32 Å². The molecule has 0 spiro atoms. The number of hydrogen-bond acceptors (Lipinski definition) is 1. The topological polar surface area (TPSA) is 29.1 Å². The van der Waals surface area contributed by atoms with Gasteiger partial charge in [0, 0.05) is 12.1 Å². The number of unbranched alkanes of at least 4 members (excludes halogenated alkanes) is 1. The third kappa shape index (κ3) is 4.52. The molecule has 0 aromatic heterocycles. The fraction of sp³-hybridized carbons (Fsp3) is 0.562. The molecule has 100 valence electrons. The standard InChI is InChI=1S/C16H25NO/c1-4-6-10-14(5-2)12-17-16(18)15-11-8-7-9-13(15)3/h7-9,11,14H,4-6,10,12H2,1-3H3,(H,17,18)/t14-/m1/s1. The lowest BCUT2D eigenvalue weighted by Gasteiger charge is -2.15. The first-order chi connectivity index (χ1) is 8.69. The van der Waals surface area contributed by atoms with Crippen LogP contribution in [0.1, 0.15) is 55.5 Å². The zero-order valence-electron chi connectivity index (χ0n) is 11.8. The van der Waals surface area contributed by atoms with Crippen molar-refractivity contribution in [2.75, 3.05) is 6.54 Å². The van der Waals surface area contributed by atoms with Crippen LogP contribution >= 0.6 is 0 Å². The largest absolute Gasteiger partial charge is 0.352 e. The van der Waals surface area contributed by atoms with Crippen molar-refractivity contribution in [3.8, 4) is 0 Å². The van der Waals surface area contributed by atoms with Crippen molar-refractivity contribution in [1.82, 2.24) is 5.32 Å². The van der Waals surface area contributed by atoms with Crippen molar-refractivity contribution in [2.24, 2.45) is 5.92 Å². The highest BCUT2D eigenvalue weighted by Crippen LogP contribution is 2.12. The van der Waals surface area contributed by atoms with Crippen molar-refractivity contribution in [1.29, 1.82) is 0 Å². The molecule has 1 aromatic rings. The van der Waals surface area contributed by atoms with Crippen LogP contribution in [0.15, 0.2) is 24.3 Å². The number of aryl methyl sites for hydroxylation is 1. The molecule has 0 fully saturated rings. The molecule has 1 rings (SSSR count). The predicted octanol–water partition coefficient (Wildman–Crippen LogP) is 3.94. The fourth-order valence-corrected chi connectivity index (χ4v) is 2.10. The summed E-state index contributed by atoms with van der Waals surface area (Å²) in [6.07, 6.45) is 4.82. The summed E-state index contributed by atoms with van der Waals surface area (Å²) in [6.45, 7) is 7.17. The Morgan fingerprint density at radius 2 is 2.00 bits per heavy atom. The van der Waals surface area contributed by atoms with E-state index in [-0.39, 0.29) is 5.91 Å². The second-order valence-electron chi connectivity index (χ2n) is 4.94. The number of hydrogen-bond donors (Lipinski definition) is 1. The Bertz CT molecular complexity index is 373. The third-order valence-corrected chi connectivity index (χ3v) is 3.48. The number of nitrogens with one attached hydrogen (secondary N) is 1. The number of amides is 1. The summed E-state index contributed by atoms with van der Waals surface area (Å²) in [5.41, 5.74) is 1.83. The van der Waals surface area contributed by atoms with E-state index in [1.807, 2.05) is 31.2 Å². The normalized spacial score (nSPS) is 12.2. The molecule has 0 aliphatic carbocycles. The molecule has 2 heteroatoms. The number of benzene rings is 1. The van der Waals surface area contributed by atoms with Crippen LogP contribution in [0.3, 0.4) is 0 Å². The van der Waals surface area contributed by atoms with E-state index in [0.29, 0.717) is 5.92 Å². The van der Waals surface area contributed by atoms with Crippen molar-refractivity contribution in [3.63, 3.8) is 0 Å². The van der Waals surface area contributed by atoms with Crippen molar-refractivity contribution < 1.29 is 4.79 Å². The maximum atomic E-state index is 12.0. The maximum absolute atomic E-state index is 12.0. The summed E-state index contributed by atoms with van der Waals surface area (Å²) in [5, 5.41) is 3.06. The van der Waals surface area contributed by atoms with Gasteiger partial charge in [-0.1, -0.05) is 51.3 Å². The Kier molecular flexibility index (Phi) is 6.48. The molecule has 2 nitrogen and oxygen atoms in total. The molecule has 1 aromatic carbocycles. The van der Waals surface area contributed by atoms with E-state index in [0.717, 1.165) is 24.1 Å². The first-order valence-corrected chi connectivity index (χ1v) is 7.02. The summed E-state index contributed by atoms with van der Waals surface area (Å²) < 4.78 is 0. The first-order valence-electron chi connectivity index (χ1n) is 7.02. The lowest BCUT2D eigenvalue weighted by molar-refractivity contribution is 0.0945. The van der Waals surface area contributed by atoms with Crippen molar-refractivity contribution >= 4 is 5.91 Å². The Morgan fingerprint density at radius 3 is 2.61 bits per heavy atom. The number of carbonyl (C=O) groups is 1. The van der Waals surface area contributed by atoms with Gasteiger partial charge in [0.25, 0.3) is 5.91 Å². The molecule has 1 N–H and O–H groups in total. The molecule has 0 radical (unpaired) electrons. The second kappa shape index (κ2) is 7.91. The third-order valence-electron chi connectivity index (χ3n) is 3.48. The Morgan fingerprint density at radius 1 is 1.28 bits per heavy atom. The molecule has 18 heavy (non-hydrogen) atoms. The summed E-state index contributed by atoms with van der Waals surface area (Å²) in [4.78, 5) is 12.0. The van der Waals surface area contributed by atoms with Crippen LogP contribution in [0.2, 0.25) is 0 Å². The van der Waals surface area contributed by atoms with Gasteiger partial charge in [-0.3, -0.25) is 4.79 Å². The van der Waals surface area contributed by atoms with Gasteiger partial charge in [-0.2, -0.15) is 0 Å². The van der Waals surface area contributed by atoms with Crippen LogP contribution in [0, 0.1) is 12.8 Å². The van der Waals surface area contributed by atoms with E-state index in [1.54, 1.807) is 0 Å². The average molecular weight is 247 g/mol. The van der Waals surface area contributed by atoms with Gasteiger partial charge in [-0.05, 0) is 30.9 Å². The summed E-state index contributed by atoms with van der Waals surface area (Å²) in [5.74, 6) is 0.668. The zero-order valence-corrected chi connectivity index (χ0v) is 11.8. The van der Waals surface area contributed by atoms with Gasteiger partial charge >= 0.3 is 0 Å². The molecule has 0 saturated carbocycles. The van der Waals surface area contributed by atoms with Crippen LogP contribution in [0.5, 0.6) is 0 Å². The summed E-state index contributed by atoms with van der Waals surface area (Å²) in [7, 11) is 0. The Hall–Kier alpha value is -1.31. The Balaban J connectivity index is 2.47. The van der Waals surface area contributed by atoms with Crippen LogP contribution in [0.4, 0.5) is 0 Å². The quantitative estimate of drug-likeness (QED) is 0.777. The van der Waals surface area contributed by atoms with Crippen LogP contribution in [0.25, 0.3) is 0 Å². The highest BCUT2D eigenvalue weighted by Gasteiger charge is 2.11. The van der Waals surface area contributed by atoms with E-state index in [9.17, 15) is 4.79 Å². The average Bonchev–Trinajstić information content (AvgIpc) is 2.39. The molecule has 0 aliphatic rings. The molecular formula is C16H25NO. The first kappa shape index (κ1) is 14.7. The second-order valence-corrected chi connectivity index (χ2v) is 4.94. The molecule has 0 saturated heterocycles. The summed E-state index contributed by atoms with van der Waals surface area (Å²) in [6, 6.07) is 7.74. The molecule has 0 heterocycles. The van der Waals surface area contributed by atoms with Crippen molar-refractivity contribution in [2.45, 2.75) is 46.5 Å². The predicted molar refractivity (Wildman–Crippen MR) is 76.8 cm³/mol. The highest BCUT2D eigenvalue weighted by atomic mass is 16.1. The highest BCUT2D eigenvalue weighted by molar-refractivity contribution is 5.95. The number of rotatable bonds is 7. The van der Waals surface area contributed by atoms with E-state index in [2.05, 4.69) is 19.2 Å². The van der Waals surface area contributed by atoms with Gasteiger partial charge in [0.15, 0.2) is 0 Å². The summed E-state index contributed by atoms with van der Waals surface area (Å²) >= 11 is 0. The minimum Gasteiger partial charge on any atom is -0.352 e. The van der Waals surface area contributed by atoms with Crippen LogP contribution in [-0.4, -0.2) is 12.5 Å². The van der Waals surface area contributed by atoms with E-state index < -0.39 is 0 Å². The molecule has 0 bridgehead atoms. The van der Waals surface area contributed by atoms with Gasteiger partial charge in [0.1, 0.15) is 0 Å². The molecule has 1 atom stereocenters. The molecule has 0 aliphatic heterocycles. The van der Waals surface area contributed by atoms with E-state index in [1.165, 1.54) is 19.3 Å². The zero-order chi connectivity index (χ0) is 13.4. The maximum Gasteiger partial charge on any atom is 0.251 e. The Labute approximate surface area is 111 Å². The molecule has 1 amide bonds. The lowest BCUT2D eigenvalue weighted by Crippen LogP contribution is -2.29. The smallest absolute Gasteiger partial charge is 0.251 e. The van der Waals surface area contributed by atoms with Crippen molar-refractivity contribution in [3.05, 3.63) is 35.4 Å². The van der Waals surface area contributed by atoms with Gasteiger partial charge in [0.05, 0.1) is 0 Å².